The Morgan fingerprint density at radius 1 is 1.25 bits per heavy atom. The van der Waals surface area contributed by atoms with Crippen LogP contribution in [-0.4, -0.2) is 9.55 Å². The van der Waals surface area contributed by atoms with Crippen molar-refractivity contribution in [1.29, 1.82) is 0 Å². The number of nitrogens with zero attached hydrogens (tertiary/aromatic N) is 1. The van der Waals surface area contributed by atoms with Crippen molar-refractivity contribution in [3.8, 4) is 0 Å². The second-order valence-corrected chi connectivity index (χ2v) is 5.20. The number of nitrogens with one attached hydrogen (secondary N) is 2. The first-order valence-corrected chi connectivity index (χ1v) is 6.82. The monoisotopic (exact) mass is 271 g/mol. The van der Waals surface area contributed by atoms with Crippen molar-refractivity contribution in [2.45, 2.75) is 31.8 Å². The molecule has 1 aliphatic rings. The van der Waals surface area contributed by atoms with E-state index in [1.165, 1.54) is 10.6 Å². The molecule has 2 aromatic rings. The van der Waals surface area contributed by atoms with Crippen LogP contribution in [0, 0.1) is 0 Å². The Kier molecular flexibility index (Phi) is 3.18. The Morgan fingerprint density at radius 3 is 2.55 bits per heavy atom. The van der Waals surface area contributed by atoms with Gasteiger partial charge in [0.25, 0.3) is 5.56 Å². The molecular formula is C15H17N3O2. The predicted molar refractivity (Wildman–Crippen MR) is 78.1 cm³/mol. The van der Waals surface area contributed by atoms with Crippen LogP contribution in [0.3, 0.4) is 0 Å². The smallest absolute Gasteiger partial charge is 0.330 e. The molecule has 104 valence electrons. The minimum absolute atomic E-state index is 0.0167. The summed E-state index contributed by atoms with van der Waals surface area (Å²) in [6.07, 6.45) is 1.83. The van der Waals surface area contributed by atoms with Gasteiger partial charge in [-0.3, -0.25) is 14.3 Å². The van der Waals surface area contributed by atoms with Gasteiger partial charge in [-0.1, -0.05) is 30.3 Å². The number of aromatic amines is 1. The molecule has 3 rings (SSSR count). The third-order valence-corrected chi connectivity index (χ3v) is 3.55. The van der Waals surface area contributed by atoms with Crippen molar-refractivity contribution >= 4 is 5.82 Å². The van der Waals surface area contributed by atoms with Gasteiger partial charge >= 0.3 is 5.69 Å². The van der Waals surface area contributed by atoms with E-state index in [-0.39, 0.29) is 23.3 Å². The maximum atomic E-state index is 12.0. The summed E-state index contributed by atoms with van der Waals surface area (Å²) in [4.78, 5) is 26.6. The quantitative estimate of drug-likeness (QED) is 0.894. The van der Waals surface area contributed by atoms with Gasteiger partial charge < -0.3 is 5.32 Å². The molecule has 0 radical (unpaired) electrons. The molecule has 0 unspecified atom stereocenters. The van der Waals surface area contributed by atoms with Crippen molar-refractivity contribution in [2.75, 3.05) is 5.32 Å². The molecule has 1 aromatic heterocycles. The fourth-order valence-corrected chi connectivity index (χ4v) is 2.32. The number of hydrogen-bond donors (Lipinski definition) is 2. The molecule has 0 spiro atoms. The molecule has 1 aliphatic carbocycles. The Morgan fingerprint density at radius 2 is 1.95 bits per heavy atom. The first-order valence-electron chi connectivity index (χ1n) is 6.82. The standard InChI is InChI=1S/C15H17N3O2/c1-10(11-5-3-2-4-6-11)16-13-9-14(19)18(12-7-8-12)15(20)17-13/h2-6,9-10,12,16H,7-8H2,1H3,(H,17,20)/t10-/m0/s1. The number of anilines is 1. The fraction of sp³-hybridized carbons (Fsp3) is 0.333. The van der Waals surface area contributed by atoms with Crippen molar-refractivity contribution in [3.63, 3.8) is 0 Å². The summed E-state index contributed by atoms with van der Waals surface area (Å²) in [6.45, 7) is 1.99. The molecule has 0 aliphatic heterocycles. The lowest BCUT2D eigenvalue weighted by Gasteiger charge is -2.15. The summed E-state index contributed by atoms with van der Waals surface area (Å²) >= 11 is 0. The highest BCUT2D eigenvalue weighted by molar-refractivity contribution is 5.36. The summed E-state index contributed by atoms with van der Waals surface area (Å²) in [5, 5.41) is 3.16. The van der Waals surface area contributed by atoms with Crippen molar-refractivity contribution in [3.05, 3.63) is 62.8 Å². The second-order valence-electron chi connectivity index (χ2n) is 5.20. The minimum atomic E-state index is -0.331. The van der Waals surface area contributed by atoms with Gasteiger partial charge in [-0.2, -0.15) is 0 Å². The van der Waals surface area contributed by atoms with Gasteiger partial charge in [0.15, 0.2) is 0 Å². The topological polar surface area (TPSA) is 66.9 Å². The fourth-order valence-electron chi connectivity index (χ4n) is 2.32. The van der Waals surface area contributed by atoms with Crippen molar-refractivity contribution in [1.82, 2.24) is 9.55 Å². The van der Waals surface area contributed by atoms with Crippen molar-refractivity contribution in [2.24, 2.45) is 0 Å². The maximum absolute atomic E-state index is 12.0. The molecule has 1 aromatic carbocycles. The summed E-state index contributed by atoms with van der Waals surface area (Å²) in [5.41, 5.74) is 0.529. The molecule has 1 atom stereocenters. The first kappa shape index (κ1) is 12.7. The van der Waals surface area contributed by atoms with Crippen LogP contribution < -0.4 is 16.6 Å². The van der Waals surface area contributed by atoms with E-state index in [0.717, 1.165) is 18.4 Å². The maximum Gasteiger partial charge on any atom is 0.330 e. The van der Waals surface area contributed by atoms with Crippen LogP contribution in [0.25, 0.3) is 0 Å². The van der Waals surface area contributed by atoms with Crippen LogP contribution in [0.5, 0.6) is 0 Å². The molecule has 2 N–H and O–H groups in total. The summed E-state index contributed by atoms with van der Waals surface area (Å²) < 4.78 is 1.30. The molecule has 1 fully saturated rings. The third-order valence-electron chi connectivity index (χ3n) is 3.55. The Hall–Kier alpha value is -2.30. The predicted octanol–water partition coefficient (Wildman–Crippen LogP) is 2.04. The Balaban J connectivity index is 1.85. The van der Waals surface area contributed by atoms with Crippen LogP contribution in [0.4, 0.5) is 5.82 Å². The molecule has 20 heavy (non-hydrogen) atoms. The van der Waals surface area contributed by atoms with Gasteiger partial charge in [0.2, 0.25) is 0 Å². The zero-order valence-electron chi connectivity index (χ0n) is 11.3. The van der Waals surface area contributed by atoms with Crippen LogP contribution in [0.2, 0.25) is 0 Å². The average Bonchev–Trinajstić information content (AvgIpc) is 3.23. The SMILES string of the molecule is C[C@H](Nc1cc(=O)n(C2CC2)c(=O)[nH]1)c1ccccc1. The number of rotatable bonds is 4. The van der Waals surface area contributed by atoms with E-state index in [0.29, 0.717) is 5.82 Å². The van der Waals surface area contributed by atoms with E-state index in [1.807, 2.05) is 37.3 Å². The van der Waals surface area contributed by atoms with E-state index in [1.54, 1.807) is 0 Å². The van der Waals surface area contributed by atoms with Gasteiger partial charge in [-0.25, -0.2) is 4.79 Å². The summed E-state index contributed by atoms with van der Waals surface area (Å²) in [6, 6.07) is 11.4. The van der Waals surface area contributed by atoms with Crippen LogP contribution in [-0.2, 0) is 0 Å². The van der Waals surface area contributed by atoms with E-state index in [4.69, 9.17) is 0 Å². The van der Waals surface area contributed by atoms with Gasteiger partial charge in [-0.15, -0.1) is 0 Å². The second kappa shape index (κ2) is 5.00. The van der Waals surface area contributed by atoms with Crippen LogP contribution in [0.15, 0.2) is 46.0 Å². The van der Waals surface area contributed by atoms with Gasteiger partial charge in [0, 0.05) is 18.2 Å². The molecule has 0 bridgehead atoms. The molecule has 5 heteroatoms. The van der Waals surface area contributed by atoms with Gasteiger partial charge in [0.1, 0.15) is 5.82 Å². The highest BCUT2D eigenvalue weighted by atomic mass is 16.2. The lowest BCUT2D eigenvalue weighted by Crippen LogP contribution is -2.34. The Bertz CT molecular complexity index is 683. The minimum Gasteiger partial charge on any atom is -0.365 e. The first-order chi connectivity index (χ1) is 9.65. The normalized spacial score (nSPS) is 15.8. The number of aromatic nitrogens is 2. The number of hydrogen-bond acceptors (Lipinski definition) is 3. The largest absolute Gasteiger partial charge is 0.365 e. The van der Waals surface area contributed by atoms with E-state index in [9.17, 15) is 9.59 Å². The lowest BCUT2D eigenvalue weighted by atomic mass is 10.1. The molecule has 0 amide bonds. The summed E-state index contributed by atoms with van der Waals surface area (Å²) in [7, 11) is 0. The molecule has 1 heterocycles. The van der Waals surface area contributed by atoms with E-state index in [2.05, 4.69) is 10.3 Å². The number of H-pyrrole nitrogens is 1. The molecule has 0 saturated heterocycles. The van der Waals surface area contributed by atoms with Crippen LogP contribution >= 0.6 is 0 Å². The number of benzene rings is 1. The molecular weight excluding hydrogens is 254 g/mol. The summed E-state index contributed by atoms with van der Waals surface area (Å²) in [5.74, 6) is 0.466. The van der Waals surface area contributed by atoms with Gasteiger partial charge in [0.05, 0.1) is 0 Å². The average molecular weight is 271 g/mol. The third kappa shape index (κ3) is 2.52. The van der Waals surface area contributed by atoms with E-state index < -0.39 is 0 Å². The van der Waals surface area contributed by atoms with E-state index >= 15 is 0 Å². The highest BCUT2D eigenvalue weighted by Gasteiger charge is 2.26. The highest BCUT2D eigenvalue weighted by Crippen LogP contribution is 2.32. The molecule has 5 nitrogen and oxygen atoms in total. The van der Waals surface area contributed by atoms with Crippen molar-refractivity contribution < 1.29 is 0 Å². The van der Waals surface area contributed by atoms with Gasteiger partial charge in [-0.05, 0) is 25.3 Å². The Labute approximate surface area is 116 Å². The lowest BCUT2D eigenvalue weighted by molar-refractivity contribution is 0.654. The zero-order valence-corrected chi connectivity index (χ0v) is 11.3. The molecule has 1 saturated carbocycles. The zero-order chi connectivity index (χ0) is 14.1. The van der Waals surface area contributed by atoms with Crippen LogP contribution in [0.1, 0.15) is 37.4 Å².